The highest BCUT2D eigenvalue weighted by Gasteiger charge is 2.02. The van der Waals surface area contributed by atoms with Gasteiger partial charge in [0.2, 0.25) is 0 Å². The van der Waals surface area contributed by atoms with Crippen LogP contribution in [0.25, 0.3) is 0 Å². The Hall–Kier alpha value is -2.54. The van der Waals surface area contributed by atoms with Crippen LogP contribution in [0, 0.1) is 17.1 Å². The SMILES string of the molecule is N#Cc1ccc(Oc2ccc(F)cc2)cc1N. The summed E-state index contributed by atoms with van der Waals surface area (Å²) < 4.78 is 18.1. The molecule has 0 aliphatic rings. The molecule has 0 aliphatic heterocycles. The summed E-state index contributed by atoms with van der Waals surface area (Å²) in [6.07, 6.45) is 0. The van der Waals surface area contributed by atoms with E-state index in [0.717, 1.165) is 0 Å². The van der Waals surface area contributed by atoms with Crippen LogP contribution in [0.4, 0.5) is 10.1 Å². The molecule has 4 heteroatoms. The second kappa shape index (κ2) is 4.54. The third-order valence-corrected chi connectivity index (χ3v) is 2.19. The van der Waals surface area contributed by atoms with E-state index in [4.69, 9.17) is 15.7 Å². The van der Waals surface area contributed by atoms with Crippen molar-refractivity contribution in [3.63, 3.8) is 0 Å². The lowest BCUT2D eigenvalue weighted by atomic mass is 10.2. The number of halogens is 1. The molecule has 0 saturated heterocycles. The van der Waals surface area contributed by atoms with Crippen molar-refractivity contribution in [2.24, 2.45) is 0 Å². The van der Waals surface area contributed by atoms with Crippen molar-refractivity contribution in [2.45, 2.75) is 0 Å². The number of rotatable bonds is 2. The van der Waals surface area contributed by atoms with E-state index in [1.165, 1.54) is 24.3 Å². The molecule has 0 aliphatic carbocycles. The molecule has 3 nitrogen and oxygen atoms in total. The van der Waals surface area contributed by atoms with E-state index in [0.29, 0.717) is 22.7 Å². The van der Waals surface area contributed by atoms with Gasteiger partial charge in [-0.15, -0.1) is 0 Å². The molecule has 0 atom stereocenters. The van der Waals surface area contributed by atoms with Crippen molar-refractivity contribution >= 4 is 5.69 Å². The minimum Gasteiger partial charge on any atom is -0.457 e. The minimum atomic E-state index is -0.323. The van der Waals surface area contributed by atoms with Gasteiger partial charge in [0.05, 0.1) is 11.3 Å². The van der Waals surface area contributed by atoms with Gasteiger partial charge in [-0.2, -0.15) is 5.26 Å². The van der Waals surface area contributed by atoms with Crippen molar-refractivity contribution in [3.05, 3.63) is 53.8 Å². The van der Waals surface area contributed by atoms with Crippen LogP contribution in [0.5, 0.6) is 11.5 Å². The Morgan fingerprint density at radius 2 is 1.71 bits per heavy atom. The average Bonchev–Trinajstić information content (AvgIpc) is 2.32. The number of benzene rings is 2. The highest BCUT2D eigenvalue weighted by Crippen LogP contribution is 2.25. The first-order chi connectivity index (χ1) is 8.19. The number of hydrogen-bond acceptors (Lipinski definition) is 3. The van der Waals surface area contributed by atoms with Gasteiger partial charge in [-0.3, -0.25) is 0 Å². The molecule has 0 saturated carbocycles. The number of nitriles is 1. The first kappa shape index (κ1) is 11.0. The molecule has 0 bridgehead atoms. The molecule has 0 unspecified atom stereocenters. The van der Waals surface area contributed by atoms with Crippen molar-refractivity contribution in [1.82, 2.24) is 0 Å². The van der Waals surface area contributed by atoms with Gasteiger partial charge < -0.3 is 10.5 Å². The summed E-state index contributed by atoms with van der Waals surface area (Å²) in [6, 6.07) is 12.4. The van der Waals surface area contributed by atoms with Crippen LogP contribution in [-0.2, 0) is 0 Å². The second-order valence-corrected chi connectivity index (χ2v) is 3.42. The summed E-state index contributed by atoms with van der Waals surface area (Å²) in [5, 5.41) is 8.72. The normalized spacial score (nSPS) is 9.65. The Morgan fingerprint density at radius 3 is 2.29 bits per heavy atom. The molecule has 0 amide bonds. The third kappa shape index (κ3) is 2.52. The van der Waals surface area contributed by atoms with E-state index < -0.39 is 0 Å². The van der Waals surface area contributed by atoms with Crippen LogP contribution in [0.2, 0.25) is 0 Å². The summed E-state index contributed by atoms with van der Waals surface area (Å²) in [5.74, 6) is 0.695. The van der Waals surface area contributed by atoms with Gasteiger partial charge in [-0.25, -0.2) is 4.39 Å². The van der Waals surface area contributed by atoms with Crippen LogP contribution < -0.4 is 10.5 Å². The van der Waals surface area contributed by atoms with Crippen LogP contribution in [0.1, 0.15) is 5.56 Å². The lowest BCUT2D eigenvalue weighted by Crippen LogP contribution is -1.91. The largest absolute Gasteiger partial charge is 0.457 e. The Kier molecular flexibility index (Phi) is 2.93. The zero-order valence-electron chi connectivity index (χ0n) is 8.85. The van der Waals surface area contributed by atoms with E-state index in [-0.39, 0.29) is 5.82 Å². The molecule has 2 aromatic rings. The number of nitrogen functional groups attached to an aromatic ring is 1. The van der Waals surface area contributed by atoms with Gasteiger partial charge in [-0.1, -0.05) is 0 Å². The number of anilines is 1. The van der Waals surface area contributed by atoms with Crippen LogP contribution in [-0.4, -0.2) is 0 Å². The fourth-order valence-electron chi connectivity index (χ4n) is 1.34. The van der Waals surface area contributed by atoms with Crippen LogP contribution in [0.15, 0.2) is 42.5 Å². The summed E-state index contributed by atoms with van der Waals surface area (Å²) in [4.78, 5) is 0. The monoisotopic (exact) mass is 228 g/mol. The van der Waals surface area contributed by atoms with E-state index in [9.17, 15) is 4.39 Å². The summed E-state index contributed by atoms with van der Waals surface area (Å²) >= 11 is 0. The first-order valence-corrected chi connectivity index (χ1v) is 4.92. The molecule has 0 aromatic heterocycles. The Bertz CT molecular complexity index is 573. The molecule has 0 radical (unpaired) electrons. The molecule has 2 rings (SSSR count). The quantitative estimate of drug-likeness (QED) is 0.803. The summed E-state index contributed by atoms with van der Waals surface area (Å²) in [6.45, 7) is 0. The van der Waals surface area contributed by atoms with Crippen molar-refractivity contribution < 1.29 is 9.13 Å². The average molecular weight is 228 g/mol. The molecule has 17 heavy (non-hydrogen) atoms. The fraction of sp³-hybridized carbons (Fsp3) is 0. The fourth-order valence-corrected chi connectivity index (χ4v) is 1.34. The van der Waals surface area contributed by atoms with Crippen molar-refractivity contribution in [1.29, 1.82) is 5.26 Å². The van der Waals surface area contributed by atoms with Gasteiger partial charge in [0.1, 0.15) is 23.4 Å². The highest BCUT2D eigenvalue weighted by atomic mass is 19.1. The maximum absolute atomic E-state index is 12.7. The molecule has 0 heterocycles. The van der Waals surface area contributed by atoms with E-state index in [1.54, 1.807) is 18.2 Å². The molecular formula is C13H9FN2O. The van der Waals surface area contributed by atoms with Crippen molar-refractivity contribution in [3.8, 4) is 17.6 Å². The molecule has 0 fully saturated rings. The van der Waals surface area contributed by atoms with E-state index in [2.05, 4.69) is 0 Å². The van der Waals surface area contributed by atoms with Crippen molar-refractivity contribution in [2.75, 3.05) is 5.73 Å². The Labute approximate surface area is 97.9 Å². The first-order valence-electron chi connectivity index (χ1n) is 4.92. The zero-order valence-corrected chi connectivity index (χ0v) is 8.85. The minimum absolute atomic E-state index is 0.323. The number of nitrogens with zero attached hydrogens (tertiary/aromatic N) is 1. The maximum Gasteiger partial charge on any atom is 0.129 e. The highest BCUT2D eigenvalue weighted by molar-refractivity contribution is 5.57. The molecule has 2 N–H and O–H groups in total. The van der Waals surface area contributed by atoms with Crippen LogP contribution in [0.3, 0.4) is 0 Å². The summed E-state index contributed by atoms with van der Waals surface area (Å²) in [7, 11) is 0. The van der Waals surface area contributed by atoms with Gasteiger partial charge >= 0.3 is 0 Å². The maximum atomic E-state index is 12.7. The standard InChI is InChI=1S/C13H9FN2O/c14-10-2-5-11(6-3-10)17-12-4-1-9(8-15)13(16)7-12/h1-7H,16H2. The van der Waals surface area contributed by atoms with E-state index >= 15 is 0 Å². The zero-order chi connectivity index (χ0) is 12.3. The number of ether oxygens (including phenoxy) is 1. The predicted molar refractivity (Wildman–Crippen MR) is 62.0 cm³/mol. The van der Waals surface area contributed by atoms with E-state index in [1.807, 2.05) is 6.07 Å². The van der Waals surface area contributed by atoms with Gasteiger partial charge in [0.25, 0.3) is 0 Å². The number of hydrogen-bond donors (Lipinski definition) is 1. The molecule has 84 valence electrons. The number of nitrogens with two attached hydrogens (primary N) is 1. The Morgan fingerprint density at radius 1 is 1.06 bits per heavy atom. The third-order valence-electron chi connectivity index (χ3n) is 2.19. The molecule has 0 spiro atoms. The molecular weight excluding hydrogens is 219 g/mol. The second-order valence-electron chi connectivity index (χ2n) is 3.42. The Balaban J connectivity index is 2.22. The van der Waals surface area contributed by atoms with Gasteiger partial charge in [0, 0.05) is 6.07 Å². The lowest BCUT2D eigenvalue weighted by Gasteiger charge is -2.06. The topological polar surface area (TPSA) is 59.0 Å². The van der Waals surface area contributed by atoms with Crippen LogP contribution >= 0.6 is 0 Å². The predicted octanol–water partition coefficient (Wildman–Crippen LogP) is 3.07. The molecule has 2 aromatic carbocycles. The lowest BCUT2D eigenvalue weighted by molar-refractivity contribution is 0.481. The summed E-state index contributed by atoms with van der Waals surface area (Å²) in [5.41, 5.74) is 6.40. The van der Waals surface area contributed by atoms with Gasteiger partial charge in [0.15, 0.2) is 0 Å². The smallest absolute Gasteiger partial charge is 0.129 e. The van der Waals surface area contributed by atoms with Gasteiger partial charge in [-0.05, 0) is 36.4 Å².